The highest BCUT2D eigenvalue weighted by Crippen LogP contribution is 2.24. The molecule has 2 aromatic carbocycles. The normalized spacial score (nSPS) is 10.6. The van der Waals surface area contributed by atoms with Crippen LogP contribution in [0.1, 0.15) is 41.3 Å². The van der Waals surface area contributed by atoms with Crippen LogP contribution < -0.4 is 11.1 Å². The number of hydrogen-bond acceptors (Lipinski definition) is 2. The molecule has 0 aliphatic rings. The van der Waals surface area contributed by atoms with Gasteiger partial charge in [-0.05, 0) is 42.2 Å². The molecule has 0 aliphatic carbocycles. The number of aryl methyl sites for hydroxylation is 1. The Morgan fingerprint density at radius 1 is 1.15 bits per heavy atom. The maximum absolute atomic E-state index is 12.3. The summed E-state index contributed by atoms with van der Waals surface area (Å²) in [6.45, 7) is 6.13. The number of para-hydroxylation sites is 1. The molecule has 1 amide bonds. The molecule has 0 fully saturated rings. The minimum atomic E-state index is -0.134. The quantitative estimate of drug-likeness (QED) is 0.828. The van der Waals surface area contributed by atoms with Crippen LogP contribution in [-0.2, 0) is 0 Å². The summed E-state index contributed by atoms with van der Waals surface area (Å²) in [6, 6.07) is 13.2. The van der Waals surface area contributed by atoms with Gasteiger partial charge >= 0.3 is 0 Å². The number of carbonyl (C=O) groups is 1. The molecule has 0 saturated carbocycles. The molecule has 20 heavy (non-hydrogen) atoms. The van der Waals surface area contributed by atoms with Crippen molar-refractivity contribution in [1.29, 1.82) is 0 Å². The van der Waals surface area contributed by atoms with Crippen molar-refractivity contribution in [2.45, 2.75) is 26.7 Å². The van der Waals surface area contributed by atoms with E-state index in [9.17, 15) is 4.79 Å². The number of carbonyl (C=O) groups excluding carboxylic acids is 1. The second-order valence-corrected chi connectivity index (χ2v) is 5.27. The topological polar surface area (TPSA) is 55.1 Å². The first-order valence-electron chi connectivity index (χ1n) is 6.75. The molecule has 104 valence electrons. The minimum Gasteiger partial charge on any atom is -0.398 e. The summed E-state index contributed by atoms with van der Waals surface area (Å²) in [4.78, 5) is 12.3. The molecule has 3 nitrogen and oxygen atoms in total. The number of nitrogens with one attached hydrogen (secondary N) is 1. The Morgan fingerprint density at radius 3 is 2.50 bits per heavy atom. The lowest BCUT2D eigenvalue weighted by molar-refractivity contribution is 0.102. The predicted octanol–water partition coefficient (Wildman–Crippen LogP) is 3.95. The lowest BCUT2D eigenvalue weighted by atomic mass is 10.0. The van der Waals surface area contributed by atoms with Crippen LogP contribution in [0.15, 0.2) is 42.5 Å². The van der Waals surface area contributed by atoms with Crippen molar-refractivity contribution in [1.82, 2.24) is 0 Å². The summed E-state index contributed by atoms with van der Waals surface area (Å²) in [5.74, 6) is 0.222. The maximum Gasteiger partial charge on any atom is 0.255 e. The van der Waals surface area contributed by atoms with Gasteiger partial charge in [-0.3, -0.25) is 4.79 Å². The summed E-state index contributed by atoms with van der Waals surface area (Å²) < 4.78 is 0. The van der Waals surface area contributed by atoms with E-state index in [1.807, 2.05) is 37.3 Å². The van der Waals surface area contributed by atoms with Gasteiger partial charge in [0.25, 0.3) is 5.91 Å². The number of amides is 1. The summed E-state index contributed by atoms with van der Waals surface area (Å²) >= 11 is 0. The minimum absolute atomic E-state index is 0.134. The zero-order chi connectivity index (χ0) is 14.7. The predicted molar refractivity (Wildman–Crippen MR) is 84.1 cm³/mol. The van der Waals surface area contributed by atoms with Crippen LogP contribution in [-0.4, -0.2) is 5.91 Å². The third kappa shape index (κ3) is 2.99. The molecular weight excluding hydrogens is 248 g/mol. The highest BCUT2D eigenvalue weighted by Gasteiger charge is 2.11. The highest BCUT2D eigenvalue weighted by atomic mass is 16.1. The molecule has 0 aliphatic heterocycles. The first-order valence-corrected chi connectivity index (χ1v) is 6.75. The summed E-state index contributed by atoms with van der Waals surface area (Å²) in [5, 5.41) is 2.96. The van der Waals surface area contributed by atoms with E-state index in [1.165, 1.54) is 0 Å². The highest BCUT2D eigenvalue weighted by molar-refractivity contribution is 6.05. The zero-order valence-electron chi connectivity index (χ0n) is 12.1. The number of rotatable bonds is 3. The van der Waals surface area contributed by atoms with Crippen molar-refractivity contribution >= 4 is 17.3 Å². The monoisotopic (exact) mass is 268 g/mol. The van der Waals surface area contributed by atoms with E-state index < -0.39 is 0 Å². The fraction of sp³-hybridized carbons (Fsp3) is 0.235. The summed E-state index contributed by atoms with van der Waals surface area (Å²) in [5.41, 5.74) is 10.0. The number of nitrogens with two attached hydrogens (primary N) is 1. The number of anilines is 2. The van der Waals surface area contributed by atoms with Gasteiger partial charge in [0, 0.05) is 16.9 Å². The molecule has 0 heterocycles. The summed E-state index contributed by atoms with van der Waals surface area (Å²) in [7, 11) is 0. The largest absolute Gasteiger partial charge is 0.398 e. The van der Waals surface area contributed by atoms with Crippen LogP contribution in [0.3, 0.4) is 0 Å². The molecule has 3 N–H and O–H groups in total. The van der Waals surface area contributed by atoms with Crippen molar-refractivity contribution in [3.8, 4) is 0 Å². The van der Waals surface area contributed by atoms with Crippen molar-refractivity contribution in [3.63, 3.8) is 0 Å². The van der Waals surface area contributed by atoms with E-state index in [1.54, 1.807) is 12.1 Å². The molecule has 0 bridgehead atoms. The molecule has 3 heteroatoms. The Hall–Kier alpha value is -2.29. The SMILES string of the molecule is Cc1ccc(C(=O)Nc2ccccc2C(C)C)cc1N. The van der Waals surface area contributed by atoms with Gasteiger partial charge < -0.3 is 11.1 Å². The molecule has 0 radical (unpaired) electrons. The van der Waals surface area contributed by atoms with Crippen LogP contribution in [0.25, 0.3) is 0 Å². The van der Waals surface area contributed by atoms with Crippen LogP contribution in [0.4, 0.5) is 11.4 Å². The standard InChI is InChI=1S/C17H20N2O/c1-11(2)14-6-4-5-7-16(14)19-17(20)13-9-8-12(3)15(18)10-13/h4-11H,18H2,1-3H3,(H,19,20). The molecule has 0 aromatic heterocycles. The van der Waals surface area contributed by atoms with Gasteiger partial charge in [-0.2, -0.15) is 0 Å². The average Bonchev–Trinajstić information content (AvgIpc) is 2.42. The van der Waals surface area contributed by atoms with Crippen LogP contribution in [0.5, 0.6) is 0 Å². The van der Waals surface area contributed by atoms with Crippen LogP contribution in [0, 0.1) is 6.92 Å². The van der Waals surface area contributed by atoms with Crippen molar-refractivity contribution in [3.05, 3.63) is 59.2 Å². The van der Waals surface area contributed by atoms with E-state index in [-0.39, 0.29) is 5.91 Å². The Kier molecular flexibility index (Phi) is 4.08. The lowest BCUT2D eigenvalue weighted by Crippen LogP contribution is -2.14. The number of benzene rings is 2. The van der Waals surface area contributed by atoms with E-state index in [4.69, 9.17) is 5.73 Å². The van der Waals surface area contributed by atoms with Crippen molar-refractivity contribution in [2.24, 2.45) is 0 Å². The van der Waals surface area contributed by atoms with E-state index in [0.717, 1.165) is 16.8 Å². The van der Waals surface area contributed by atoms with E-state index in [2.05, 4.69) is 19.2 Å². The fourth-order valence-corrected chi connectivity index (χ4v) is 2.09. The Bertz CT molecular complexity index is 633. The van der Waals surface area contributed by atoms with Crippen molar-refractivity contribution in [2.75, 3.05) is 11.1 Å². The van der Waals surface area contributed by atoms with Crippen molar-refractivity contribution < 1.29 is 4.79 Å². The van der Waals surface area contributed by atoms with Gasteiger partial charge in [-0.25, -0.2) is 0 Å². The third-order valence-electron chi connectivity index (χ3n) is 3.37. The maximum atomic E-state index is 12.3. The summed E-state index contributed by atoms with van der Waals surface area (Å²) in [6.07, 6.45) is 0. The molecule has 2 rings (SSSR count). The molecule has 0 atom stereocenters. The van der Waals surface area contributed by atoms with Gasteiger partial charge in [-0.1, -0.05) is 38.1 Å². The van der Waals surface area contributed by atoms with E-state index >= 15 is 0 Å². The second-order valence-electron chi connectivity index (χ2n) is 5.27. The van der Waals surface area contributed by atoms with Gasteiger partial charge in [0.1, 0.15) is 0 Å². The molecule has 0 unspecified atom stereocenters. The van der Waals surface area contributed by atoms with Gasteiger partial charge in [0.15, 0.2) is 0 Å². The molecular formula is C17H20N2O. The van der Waals surface area contributed by atoms with Gasteiger partial charge in [0.2, 0.25) is 0 Å². The van der Waals surface area contributed by atoms with Crippen LogP contribution >= 0.6 is 0 Å². The molecule has 2 aromatic rings. The third-order valence-corrected chi connectivity index (χ3v) is 3.37. The van der Waals surface area contributed by atoms with Crippen LogP contribution in [0.2, 0.25) is 0 Å². The second kappa shape index (κ2) is 5.78. The molecule has 0 spiro atoms. The number of hydrogen-bond donors (Lipinski definition) is 2. The lowest BCUT2D eigenvalue weighted by Gasteiger charge is -2.14. The zero-order valence-corrected chi connectivity index (χ0v) is 12.1. The van der Waals surface area contributed by atoms with Gasteiger partial charge in [-0.15, -0.1) is 0 Å². The van der Waals surface area contributed by atoms with E-state index in [0.29, 0.717) is 17.2 Å². The Morgan fingerprint density at radius 2 is 1.85 bits per heavy atom. The first-order chi connectivity index (χ1) is 9.49. The van der Waals surface area contributed by atoms with Gasteiger partial charge in [0.05, 0.1) is 0 Å². The Labute approximate surface area is 119 Å². The smallest absolute Gasteiger partial charge is 0.255 e. The fourth-order valence-electron chi connectivity index (χ4n) is 2.09. The molecule has 0 saturated heterocycles. The Balaban J connectivity index is 2.26. The average molecular weight is 268 g/mol. The number of nitrogen functional groups attached to an aromatic ring is 1. The first kappa shape index (κ1) is 14.1.